The van der Waals surface area contributed by atoms with Gasteiger partial charge in [-0.3, -0.25) is 0 Å². The van der Waals surface area contributed by atoms with E-state index in [9.17, 15) is 4.39 Å². The molecule has 0 amide bonds. The molecule has 0 saturated carbocycles. The highest BCUT2D eigenvalue weighted by Gasteiger charge is 2.15. The van der Waals surface area contributed by atoms with E-state index in [0.717, 1.165) is 17.0 Å². The lowest BCUT2D eigenvalue weighted by Crippen LogP contribution is -2.12. The maximum Gasteiger partial charge on any atom is 0.190 e. The van der Waals surface area contributed by atoms with Crippen molar-refractivity contribution in [1.29, 1.82) is 0 Å². The van der Waals surface area contributed by atoms with Crippen molar-refractivity contribution in [2.75, 3.05) is 7.05 Å². The van der Waals surface area contributed by atoms with Gasteiger partial charge in [0.05, 0.1) is 5.69 Å². The summed E-state index contributed by atoms with van der Waals surface area (Å²) in [7, 11) is 1.78. The smallest absolute Gasteiger partial charge is 0.190 e. The fourth-order valence-corrected chi connectivity index (χ4v) is 1.87. The third-order valence-electron chi connectivity index (χ3n) is 3.17. The number of rotatable bonds is 3. The van der Waals surface area contributed by atoms with Crippen molar-refractivity contribution in [1.82, 2.24) is 20.1 Å². The van der Waals surface area contributed by atoms with Crippen molar-refractivity contribution >= 4 is 0 Å². The third-order valence-corrected chi connectivity index (χ3v) is 3.17. The maximum absolute atomic E-state index is 14.3. The number of hydrogen-bond acceptors (Lipinski definition) is 3. The van der Waals surface area contributed by atoms with Crippen molar-refractivity contribution in [2.24, 2.45) is 0 Å². The number of halogens is 1. The van der Waals surface area contributed by atoms with Crippen LogP contribution in [-0.2, 0) is 6.54 Å². The van der Waals surface area contributed by atoms with Crippen LogP contribution in [0.5, 0.6) is 0 Å². The summed E-state index contributed by atoms with van der Waals surface area (Å²) in [5.41, 5.74) is 3.47. The Morgan fingerprint density at radius 2 is 2.06 bits per heavy atom. The standard InChI is InChI=1S/C13H17FN4/c1-8-9(2)17-18(10(8)3)13-12(14)11(7-15-4)5-6-16-13/h5-6,15H,7H2,1-4H3. The van der Waals surface area contributed by atoms with E-state index >= 15 is 0 Å². The molecular formula is C13H17FN4. The molecule has 96 valence electrons. The lowest BCUT2D eigenvalue weighted by molar-refractivity contribution is 0.574. The van der Waals surface area contributed by atoms with Crippen molar-refractivity contribution in [3.05, 3.63) is 40.6 Å². The van der Waals surface area contributed by atoms with E-state index in [4.69, 9.17) is 0 Å². The number of nitrogens with zero attached hydrogens (tertiary/aromatic N) is 3. The summed E-state index contributed by atoms with van der Waals surface area (Å²) in [4.78, 5) is 4.10. The summed E-state index contributed by atoms with van der Waals surface area (Å²) >= 11 is 0. The van der Waals surface area contributed by atoms with E-state index in [-0.39, 0.29) is 11.6 Å². The normalized spacial score (nSPS) is 10.9. The molecule has 2 aromatic rings. The second-order valence-corrected chi connectivity index (χ2v) is 4.35. The predicted molar refractivity (Wildman–Crippen MR) is 68.3 cm³/mol. The molecule has 0 aliphatic heterocycles. The Morgan fingerprint density at radius 1 is 1.33 bits per heavy atom. The third kappa shape index (κ3) is 2.01. The predicted octanol–water partition coefficient (Wildman–Crippen LogP) is 2.05. The van der Waals surface area contributed by atoms with Gasteiger partial charge >= 0.3 is 0 Å². The Hall–Kier alpha value is -1.75. The molecule has 2 aromatic heterocycles. The van der Waals surface area contributed by atoms with Crippen molar-refractivity contribution in [2.45, 2.75) is 27.3 Å². The van der Waals surface area contributed by atoms with Gasteiger partial charge in [0, 0.05) is 24.0 Å². The molecule has 5 heteroatoms. The molecule has 0 bridgehead atoms. The second kappa shape index (κ2) is 4.86. The van der Waals surface area contributed by atoms with Crippen LogP contribution in [0.15, 0.2) is 12.3 Å². The zero-order valence-corrected chi connectivity index (χ0v) is 11.1. The average Bonchev–Trinajstić information content (AvgIpc) is 2.60. The van der Waals surface area contributed by atoms with Crippen LogP contribution in [0, 0.1) is 26.6 Å². The first-order chi connectivity index (χ1) is 8.56. The van der Waals surface area contributed by atoms with Gasteiger partial charge in [-0.15, -0.1) is 0 Å². The summed E-state index contributed by atoms with van der Waals surface area (Å²) in [6.07, 6.45) is 1.61. The minimum Gasteiger partial charge on any atom is -0.316 e. The topological polar surface area (TPSA) is 42.7 Å². The Labute approximate surface area is 106 Å². The first kappa shape index (κ1) is 12.7. The highest BCUT2D eigenvalue weighted by atomic mass is 19.1. The minimum absolute atomic E-state index is 0.261. The number of nitrogens with one attached hydrogen (secondary N) is 1. The molecule has 0 spiro atoms. The molecule has 2 heterocycles. The highest BCUT2D eigenvalue weighted by Crippen LogP contribution is 2.19. The van der Waals surface area contributed by atoms with Crippen LogP contribution in [0.25, 0.3) is 5.82 Å². The van der Waals surface area contributed by atoms with E-state index < -0.39 is 0 Å². The van der Waals surface area contributed by atoms with Gasteiger partial charge < -0.3 is 5.32 Å². The van der Waals surface area contributed by atoms with E-state index in [1.807, 2.05) is 20.8 Å². The fraction of sp³-hybridized carbons (Fsp3) is 0.385. The van der Waals surface area contributed by atoms with Crippen molar-refractivity contribution in [3.63, 3.8) is 0 Å². The SMILES string of the molecule is CNCc1ccnc(-n2nc(C)c(C)c2C)c1F. The lowest BCUT2D eigenvalue weighted by atomic mass is 10.2. The van der Waals surface area contributed by atoms with Gasteiger partial charge in [-0.25, -0.2) is 14.1 Å². The summed E-state index contributed by atoms with van der Waals surface area (Å²) in [5.74, 6) is -0.0612. The van der Waals surface area contributed by atoms with Gasteiger partial charge in [-0.2, -0.15) is 5.10 Å². The number of pyridine rings is 1. The second-order valence-electron chi connectivity index (χ2n) is 4.35. The largest absolute Gasteiger partial charge is 0.316 e. The summed E-state index contributed by atoms with van der Waals surface area (Å²) in [6, 6.07) is 1.67. The molecule has 0 radical (unpaired) electrons. The van der Waals surface area contributed by atoms with Crippen LogP contribution < -0.4 is 5.32 Å². The fourth-order valence-electron chi connectivity index (χ4n) is 1.87. The molecule has 0 atom stereocenters. The van der Waals surface area contributed by atoms with E-state index in [0.29, 0.717) is 12.1 Å². The quantitative estimate of drug-likeness (QED) is 0.904. The Morgan fingerprint density at radius 3 is 2.61 bits per heavy atom. The van der Waals surface area contributed by atoms with Crippen LogP contribution in [0.4, 0.5) is 4.39 Å². The van der Waals surface area contributed by atoms with E-state index in [1.54, 1.807) is 24.0 Å². The molecule has 4 nitrogen and oxygen atoms in total. The molecule has 1 N–H and O–H groups in total. The monoisotopic (exact) mass is 248 g/mol. The van der Waals surface area contributed by atoms with Gasteiger partial charge in [0.15, 0.2) is 11.6 Å². The van der Waals surface area contributed by atoms with Crippen LogP contribution in [0.3, 0.4) is 0 Å². The minimum atomic E-state index is -0.322. The van der Waals surface area contributed by atoms with Crippen LogP contribution in [0.2, 0.25) is 0 Å². The van der Waals surface area contributed by atoms with Gasteiger partial charge in [-0.05, 0) is 39.4 Å². The molecule has 0 saturated heterocycles. The molecule has 0 aliphatic rings. The Balaban J connectivity index is 2.57. The number of aromatic nitrogens is 3. The van der Waals surface area contributed by atoms with Gasteiger partial charge in [-0.1, -0.05) is 0 Å². The van der Waals surface area contributed by atoms with Crippen LogP contribution >= 0.6 is 0 Å². The van der Waals surface area contributed by atoms with Crippen LogP contribution in [-0.4, -0.2) is 21.8 Å². The summed E-state index contributed by atoms with van der Waals surface area (Å²) in [5, 5.41) is 7.27. The molecule has 0 aromatic carbocycles. The maximum atomic E-state index is 14.3. The van der Waals surface area contributed by atoms with Gasteiger partial charge in [0.2, 0.25) is 0 Å². The van der Waals surface area contributed by atoms with Gasteiger partial charge in [0.1, 0.15) is 0 Å². The van der Waals surface area contributed by atoms with E-state index in [2.05, 4.69) is 15.4 Å². The highest BCUT2D eigenvalue weighted by molar-refractivity contribution is 5.35. The Bertz CT molecular complexity index is 575. The van der Waals surface area contributed by atoms with Crippen molar-refractivity contribution < 1.29 is 4.39 Å². The summed E-state index contributed by atoms with van der Waals surface area (Å²) < 4.78 is 15.9. The molecular weight excluding hydrogens is 231 g/mol. The van der Waals surface area contributed by atoms with Gasteiger partial charge in [0.25, 0.3) is 0 Å². The first-order valence-electron chi connectivity index (χ1n) is 5.87. The molecule has 0 aliphatic carbocycles. The zero-order valence-electron chi connectivity index (χ0n) is 11.1. The molecule has 0 fully saturated rings. The van der Waals surface area contributed by atoms with Crippen LogP contribution in [0.1, 0.15) is 22.5 Å². The number of hydrogen-bond donors (Lipinski definition) is 1. The lowest BCUT2D eigenvalue weighted by Gasteiger charge is -2.08. The van der Waals surface area contributed by atoms with E-state index in [1.165, 1.54) is 0 Å². The zero-order chi connectivity index (χ0) is 13.3. The Kier molecular flexibility index (Phi) is 3.43. The molecule has 2 rings (SSSR count). The number of aryl methyl sites for hydroxylation is 1. The average molecular weight is 248 g/mol. The van der Waals surface area contributed by atoms with Crippen molar-refractivity contribution in [3.8, 4) is 5.82 Å². The molecule has 18 heavy (non-hydrogen) atoms. The first-order valence-corrected chi connectivity index (χ1v) is 5.87. The molecule has 0 unspecified atom stereocenters. The summed E-state index contributed by atoms with van der Waals surface area (Å²) in [6.45, 7) is 6.28.